The Morgan fingerprint density at radius 3 is 2.62 bits per heavy atom. The number of amides is 2. The fourth-order valence-electron chi connectivity index (χ4n) is 2.85. The van der Waals surface area contributed by atoms with Crippen LogP contribution in [0, 0.1) is 13.8 Å². The van der Waals surface area contributed by atoms with Gasteiger partial charge >= 0.3 is 0 Å². The molecule has 0 aliphatic heterocycles. The van der Waals surface area contributed by atoms with E-state index in [1.807, 2.05) is 44.2 Å². The highest BCUT2D eigenvalue weighted by Crippen LogP contribution is 2.21. The molecule has 1 aromatic carbocycles. The van der Waals surface area contributed by atoms with Gasteiger partial charge in [0.15, 0.2) is 5.69 Å². The van der Waals surface area contributed by atoms with E-state index in [4.69, 9.17) is 0 Å². The third-order valence-electron chi connectivity index (χ3n) is 4.64. The summed E-state index contributed by atoms with van der Waals surface area (Å²) in [6.07, 6.45) is 3.74. The molecule has 0 bridgehead atoms. The van der Waals surface area contributed by atoms with E-state index in [9.17, 15) is 9.59 Å². The lowest BCUT2D eigenvalue weighted by atomic mass is 10.1. The molecule has 3 aromatic rings. The van der Waals surface area contributed by atoms with Crippen molar-refractivity contribution in [3.05, 3.63) is 65.2 Å². The molecule has 2 heterocycles. The molecule has 132 valence electrons. The highest BCUT2D eigenvalue weighted by molar-refractivity contribution is 6.09. The van der Waals surface area contributed by atoms with Gasteiger partial charge in [-0.2, -0.15) is 0 Å². The molecule has 26 heavy (non-hydrogen) atoms. The minimum atomic E-state index is -0.331. The fourth-order valence-corrected chi connectivity index (χ4v) is 2.85. The van der Waals surface area contributed by atoms with Crippen molar-refractivity contribution in [3.8, 4) is 0 Å². The predicted octanol–water partition coefficient (Wildman–Crippen LogP) is 3.10. The number of imidazole rings is 1. The zero-order valence-electron chi connectivity index (χ0n) is 14.7. The van der Waals surface area contributed by atoms with Crippen molar-refractivity contribution in [1.82, 2.24) is 14.7 Å². The summed E-state index contributed by atoms with van der Waals surface area (Å²) in [4.78, 5) is 29.6. The van der Waals surface area contributed by atoms with Gasteiger partial charge in [-0.15, -0.1) is 0 Å². The number of carbonyl (C=O) groups excluding carboxylic acids is 2. The topological polar surface area (TPSA) is 75.5 Å². The van der Waals surface area contributed by atoms with Crippen LogP contribution in [0.2, 0.25) is 0 Å². The van der Waals surface area contributed by atoms with Crippen molar-refractivity contribution < 1.29 is 9.59 Å². The maximum absolute atomic E-state index is 12.8. The standard InChI is InChI=1S/C20H20N4O2/c1-12-6-7-15(11-13(12)2)22-19(25)17-16-5-3-4-10-24(16)18(23-17)20(26)21-14-8-9-14/h3-7,10-11,14H,8-9H2,1-2H3,(H,21,26)(H,22,25). The van der Waals surface area contributed by atoms with Gasteiger partial charge in [0, 0.05) is 17.9 Å². The van der Waals surface area contributed by atoms with Crippen LogP contribution in [0.5, 0.6) is 0 Å². The van der Waals surface area contributed by atoms with Crippen molar-refractivity contribution in [2.45, 2.75) is 32.7 Å². The monoisotopic (exact) mass is 348 g/mol. The van der Waals surface area contributed by atoms with Crippen LogP contribution in [0.3, 0.4) is 0 Å². The molecular weight excluding hydrogens is 328 g/mol. The van der Waals surface area contributed by atoms with Crippen LogP contribution in [0.4, 0.5) is 5.69 Å². The number of benzene rings is 1. The van der Waals surface area contributed by atoms with Gasteiger partial charge in [0.05, 0.1) is 5.52 Å². The number of nitrogens with one attached hydrogen (secondary N) is 2. The Morgan fingerprint density at radius 1 is 1.08 bits per heavy atom. The smallest absolute Gasteiger partial charge is 0.287 e. The summed E-state index contributed by atoms with van der Waals surface area (Å²) in [5.74, 6) is -0.348. The number of nitrogens with zero attached hydrogens (tertiary/aromatic N) is 2. The molecular formula is C20H20N4O2. The van der Waals surface area contributed by atoms with Crippen molar-refractivity contribution in [2.75, 3.05) is 5.32 Å². The third kappa shape index (κ3) is 3.06. The van der Waals surface area contributed by atoms with Crippen LogP contribution in [-0.2, 0) is 0 Å². The van der Waals surface area contributed by atoms with Crippen LogP contribution in [-0.4, -0.2) is 27.2 Å². The first kappa shape index (κ1) is 16.3. The SMILES string of the molecule is Cc1ccc(NC(=O)c2nc(C(=O)NC3CC3)n3ccccc23)cc1C. The summed E-state index contributed by atoms with van der Waals surface area (Å²) >= 11 is 0. The lowest BCUT2D eigenvalue weighted by Gasteiger charge is -2.06. The second-order valence-corrected chi connectivity index (χ2v) is 6.74. The number of pyridine rings is 1. The predicted molar refractivity (Wildman–Crippen MR) is 99.5 cm³/mol. The van der Waals surface area contributed by atoms with Gasteiger partial charge < -0.3 is 10.6 Å². The molecule has 1 aliphatic carbocycles. The molecule has 1 aliphatic rings. The molecule has 0 unspecified atom stereocenters. The lowest BCUT2D eigenvalue weighted by molar-refractivity contribution is 0.0940. The second-order valence-electron chi connectivity index (χ2n) is 6.74. The third-order valence-corrected chi connectivity index (χ3v) is 4.64. The van der Waals surface area contributed by atoms with Crippen LogP contribution in [0.1, 0.15) is 45.1 Å². The molecule has 6 nitrogen and oxygen atoms in total. The zero-order chi connectivity index (χ0) is 18.3. The Balaban J connectivity index is 1.67. The quantitative estimate of drug-likeness (QED) is 0.761. The Kier molecular flexibility index (Phi) is 3.95. The van der Waals surface area contributed by atoms with Crippen molar-refractivity contribution in [1.29, 1.82) is 0 Å². The van der Waals surface area contributed by atoms with E-state index in [-0.39, 0.29) is 29.4 Å². The first-order chi connectivity index (χ1) is 12.5. The number of hydrogen-bond acceptors (Lipinski definition) is 3. The Labute approximate surface area is 151 Å². The van der Waals surface area contributed by atoms with Gasteiger partial charge in [-0.25, -0.2) is 4.98 Å². The average molecular weight is 348 g/mol. The number of carbonyl (C=O) groups is 2. The van der Waals surface area contributed by atoms with E-state index in [1.54, 1.807) is 16.7 Å². The van der Waals surface area contributed by atoms with Crippen LogP contribution in [0.25, 0.3) is 5.52 Å². The molecule has 0 atom stereocenters. The molecule has 0 spiro atoms. The van der Waals surface area contributed by atoms with Gasteiger partial charge in [-0.1, -0.05) is 12.1 Å². The second kappa shape index (κ2) is 6.29. The molecule has 2 N–H and O–H groups in total. The molecule has 0 saturated heterocycles. The van der Waals surface area contributed by atoms with Crippen LogP contribution < -0.4 is 10.6 Å². The van der Waals surface area contributed by atoms with Gasteiger partial charge in [-0.05, 0) is 62.1 Å². The highest BCUT2D eigenvalue weighted by atomic mass is 16.2. The fraction of sp³-hybridized carbons (Fsp3) is 0.250. The molecule has 0 radical (unpaired) electrons. The molecule has 4 rings (SSSR count). The number of aromatic nitrogens is 2. The lowest BCUT2D eigenvalue weighted by Crippen LogP contribution is -2.27. The van der Waals surface area contributed by atoms with E-state index in [1.165, 1.54) is 0 Å². The maximum Gasteiger partial charge on any atom is 0.287 e. The van der Waals surface area contributed by atoms with E-state index in [2.05, 4.69) is 15.6 Å². The molecule has 2 amide bonds. The first-order valence-electron chi connectivity index (χ1n) is 8.69. The van der Waals surface area contributed by atoms with Gasteiger partial charge in [0.25, 0.3) is 11.8 Å². The summed E-state index contributed by atoms with van der Waals surface area (Å²) in [6, 6.07) is 11.4. The first-order valence-corrected chi connectivity index (χ1v) is 8.69. The van der Waals surface area contributed by atoms with Crippen LogP contribution >= 0.6 is 0 Å². The van der Waals surface area contributed by atoms with Crippen molar-refractivity contribution in [3.63, 3.8) is 0 Å². The normalized spacial score (nSPS) is 13.6. The van der Waals surface area contributed by atoms with Crippen LogP contribution in [0.15, 0.2) is 42.6 Å². The van der Waals surface area contributed by atoms with E-state index >= 15 is 0 Å². The number of fused-ring (bicyclic) bond motifs is 1. The summed E-state index contributed by atoms with van der Waals surface area (Å²) in [7, 11) is 0. The van der Waals surface area contributed by atoms with E-state index in [0.717, 1.165) is 24.0 Å². The molecule has 1 saturated carbocycles. The number of rotatable bonds is 4. The highest BCUT2D eigenvalue weighted by Gasteiger charge is 2.27. The van der Waals surface area contributed by atoms with E-state index in [0.29, 0.717) is 11.2 Å². The molecule has 2 aromatic heterocycles. The summed E-state index contributed by atoms with van der Waals surface area (Å²) < 4.78 is 1.66. The number of aryl methyl sites for hydroxylation is 2. The van der Waals surface area contributed by atoms with Gasteiger partial charge in [-0.3, -0.25) is 14.0 Å². The summed E-state index contributed by atoms with van der Waals surface area (Å²) in [6.45, 7) is 4.02. The number of anilines is 1. The Morgan fingerprint density at radius 2 is 1.88 bits per heavy atom. The summed E-state index contributed by atoms with van der Waals surface area (Å²) in [5.41, 5.74) is 3.81. The average Bonchev–Trinajstić information content (AvgIpc) is 3.34. The van der Waals surface area contributed by atoms with E-state index < -0.39 is 0 Å². The minimum Gasteiger partial charge on any atom is -0.347 e. The molecule has 1 fully saturated rings. The molecule has 6 heteroatoms. The maximum atomic E-state index is 12.8. The summed E-state index contributed by atoms with van der Waals surface area (Å²) in [5, 5.41) is 5.80. The van der Waals surface area contributed by atoms with Crippen molar-refractivity contribution >= 4 is 23.0 Å². The number of hydrogen-bond donors (Lipinski definition) is 2. The largest absolute Gasteiger partial charge is 0.347 e. The Bertz CT molecular complexity index is 1020. The van der Waals surface area contributed by atoms with Crippen molar-refractivity contribution in [2.24, 2.45) is 0 Å². The minimum absolute atomic E-state index is 0.228. The van der Waals surface area contributed by atoms with Gasteiger partial charge in [0.1, 0.15) is 0 Å². The van der Waals surface area contributed by atoms with Gasteiger partial charge in [0.2, 0.25) is 5.82 Å². The zero-order valence-corrected chi connectivity index (χ0v) is 14.7. The Hall–Kier alpha value is -3.15.